The summed E-state index contributed by atoms with van der Waals surface area (Å²) in [7, 11) is 0. The van der Waals surface area contributed by atoms with E-state index in [4.69, 9.17) is 25.6 Å². The van der Waals surface area contributed by atoms with Gasteiger partial charge in [0.25, 0.3) is 0 Å². The number of hydroxylamine groups is 2. The lowest BCUT2D eigenvalue weighted by Gasteiger charge is -2.26. The van der Waals surface area contributed by atoms with Gasteiger partial charge in [0.1, 0.15) is 13.5 Å². The third kappa shape index (κ3) is 16.7. The molecule has 0 aromatic carbocycles. The van der Waals surface area contributed by atoms with Crippen molar-refractivity contribution in [2.24, 2.45) is 10.7 Å². The highest BCUT2D eigenvalue weighted by Crippen LogP contribution is 1.97. The molecular formula is C18H43N7O4. The summed E-state index contributed by atoms with van der Waals surface area (Å²) in [5.41, 5.74) is 11.5. The molecule has 0 saturated heterocycles. The fourth-order valence-electron chi connectivity index (χ4n) is 2.49. The minimum absolute atomic E-state index is 0.119. The predicted octanol–water partition coefficient (Wildman–Crippen LogP) is -2.10. The van der Waals surface area contributed by atoms with Gasteiger partial charge in [0.2, 0.25) is 0 Å². The molecular weight excluding hydrogens is 378 g/mol. The maximum absolute atomic E-state index is 9.09. The van der Waals surface area contributed by atoms with Gasteiger partial charge in [-0.15, -0.1) is 0 Å². The number of nitrogens with zero attached hydrogens (tertiary/aromatic N) is 4. The molecule has 174 valence electrons. The number of nitrogens with one attached hydrogen (secondary N) is 2. The van der Waals surface area contributed by atoms with E-state index in [1.807, 2.05) is 4.90 Å². The number of aliphatic hydroxyl groups excluding tert-OH is 2. The predicted molar refractivity (Wildman–Crippen MR) is 115 cm³/mol. The van der Waals surface area contributed by atoms with Gasteiger partial charge >= 0.3 is 0 Å². The van der Waals surface area contributed by atoms with Gasteiger partial charge < -0.3 is 15.9 Å². The molecule has 0 amide bonds. The highest BCUT2D eigenvalue weighted by molar-refractivity contribution is 5.23. The number of hydrogen-bond donors (Lipinski definition) is 5. The molecule has 0 heterocycles. The zero-order valence-electron chi connectivity index (χ0n) is 18.3. The van der Waals surface area contributed by atoms with Crippen LogP contribution in [0.1, 0.15) is 13.8 Å². The minimum atomic E-state index is 0.119. The van der Waals surface area contributed by atoms with Crippen LogP contribution in [-0.4, -0.2) is 130 Å². The van der Waals surface area contributed by atoms with Crippen molar-refractivity contribution in [3.63, 3.8) is 0 Å². The second-order valence-corrected chi connectivity index (χ2v) is 6.88. The molecule has 0 bridgehead atoms. The number of aliphatic imine (C=N–C) groups is 1. The van der Waals surface area contributed by atoms with Crippen LogP contribution in [-0.2, 0) is 9.68 Å². The first-order valence-electron chi connectivity index (χ1n) is 10.3. The van der Waals surface area contributed by atoms with Gasteiger partial charge in [-0.3, -0.25) is 29.4 Å². The Bertz CT molecular complexity index is 361. The molecule has 0 aliphatic heterocycles. The smallest absolute Gasteiger partial charge is 0.123 e. The highest BCUT2D eigenvalue weighted by Gasteiger charge is 2.10. The van der Waals surface area contributed by atoms with E-state index in [1.54, 1.807) is 0 Å². The van der Waals surface area contributed by atoms with Crippen molar-refractivity contribution >= 4 is 6.72 Å². The fourth-order valence-corrected chi connectivity index (χ4v) is 2.49. The maximum atomic E-state index is 9.09. The van der Waals surface area contributed by atoms with Crippen molar-refractivity contribution in [2.75, 3.05) is 92.1 Å². The molecule has 0 atom stereocenters. The maximum Gasteiger partial charge on any atom is 0.123 e. The molecule has 0 radical (unpaired) electrons. The Morgan fingerprint density at radius 2 is 1.41 bits per heavy atom. The Labute approximate surface area is 175 Å². The second kappa shape index (κ2) is 20.5. The lowest BCUT2D eigenvalue weighted by atomic mass is 10.4. The first-order valence-corrected chi connectivity index (χ1v) is 10.3. The van der Waals surface area contributed by atoms with Gasteiger partial charge in [0.15, 0.2) is 0 Å². The average molecular weight is 422 g/mol. The van der Waals surface area contributed by atoms with Crippen LogP contribution >= 0.6 is 0 Å². The van der Waals surface area contributed by atoms with Crippen LogP contribution < -0.4 is 16.7 Å². The Balaban J connectivity index is 3.92. The van der Waals surface area contributed by atoms with Gasteiger partial charge in [0.05, 0.1) is 19.8 Å². The summed E-state index contributed by atoms with van der Waals surface area (Å²) in [5.74, 6) is 0. The van der Waals surface area contributed by atoms with Crippen LogP contribution in [0.3, 0.4) is 0 Å². The van der Waals surface area contributed by atoms with E-state index in [0.29, 0.717) is 52.7 Å². The fraction of sp³-hybridized carbons (Fsp3) is 0.944. The zero-order chi connectivity index (χ0) is 21.7. The second-order valence-electron chi connectivity index (χ2n) is 6.88. The number of nitrogens with two attached hydrogens (primary N) is 1. The Hall–Kier alpha value is -0.730. The summed E-state index contributed by atoms with van der Waals surface area (Å²) in [4.78, 5) is 21.1. The summed E-state index contributed by atoms with van der Waals surface area (Å²) in [5, 5.41) is 18.1. The van der Waals surface area contributed by atoms with Crippen LogP contribution in [0.5, 0.6) is 0 Å². The molecule has 0 saturated carbocycles. The van der Waals surface area contributed by atoms with E-state index in [-0.39, 0.29) is 19.3 Å². The van der Waals surface area contributed by atoms with Crippen LogP contribution in [0.15, 0.2) is 4.99 Å². The van der Waals surface area contributed by atoms with Gasteiger partial charge in [0, 0.05) is 64.9 Å². The minimum Gasteiger partial charge on any atom is -0.395 e. The van der Waals surface area contributed by atoms with E-state index >= 15 is 0 Å². The molecule has 6 N–H and O–H groups in total. The normalized spacial score (nSPS) is 12.0. The van der Waals surface area contributed by atoms with Gasteiger partial charge in [-0.25, -0.2) is 0 Å². The van der Waals surface area contributed by atoms with Crippen molar-refractivity contribution in [3.05, 3.63) is 0 Å². The van der Waals surface area contributed by atoms with Crippen LogP contribution in [0.4, 0.5) is 0 Å². The summed E-state index contributed by atoms with van der Waals surface area (Å²) in [6.45, 7) is 15.4. The molecule has 0 rings (SSSR count). The summed E-state index contributed by atoms with van der Waals surface area (Å²) in [6.07, 6.45) is 0. The van der Waals surface area contributed by atoms with Crippen molar-refractivity contribution in [1.82, 2.24) is 25.7 Å². The van der Waals surface area contributed by atoms with Crippen molar-refractivity contribution in [1.29, 1.82) is 0 Å². The van der Waals surface area contributed by atoms with Crippen molar-refractivity contribution in [2.45, 2.75) is 19.9 Å². The van der Waals surface area contributed by atoms with Crippen molar-refractivity contribution < 1.29 is 19.9 Å². The third-order valence-corrected chi connectivity index (χ3v) is 4.31. The monoisotopic (exact) mass is 421 g/mol. The summed E-state index contributed by atoms with van der Waals surface area (Å²) >= 11 is 0. The van der Waals surface area contributed by atoms with E-state index in [1.165, 1.54) is 0 Å². The lowest BCUT2D eigenvalue weighted by Crippen LogP contribution is -2.42. The molecule has 11 heteroatoms. The first-order chi connectivity index (χ1) is 14.1. The molecule has 0 spiro atoms. The van der Waals surface area contributed by atoms with E-state index in [9.17, 15) is 0 Å². The summed E-state index contributed by atoms with van der Waals surface area (Å²) in [6, 6.07) is 0.256. The van der Waals surface area contributed by atoms with Gasteiger partial charge in [-0.05, 0) is 20.6 Å². The molecule has 0 fully saturated rings. The molecule has 29 heavy (non-hydrogen) atoms. The largest absolute Gasteiger partial charge is 0.395 e. The average Bonchev–Trinajstić information content (AvgIpc) is 2.69. The van der Waals surface area contributed by atoms with Gasteiger partial charge in [-0.2, -0.15) is 11.0 Å². The van der Waals surface area contributed by atoms with Crippen molar-refractivity contribution in [3.8, 4) is 0 Å². The topological polar surface area (TPSA) is 131 Å². The quantitative estimate of drug-likeness (QED) is 0.0573. The third-order valence-electron chi connectivity index (χ3n) is 4.31. The van der Waals surface area contributed by atoms with Crippen LogP contribution in [0.25, 0.3) is 0 Å². The van der Waals surface area contributed by atoms with E-state index in [0.717, 1.165) is 26.2 Å². The Morgan fingerprint density at radius 1 is 0.897 bits per heavy atom. The molecule has 0 aromatic heterocycles. The van der Waals surface area contributed by atoms with Gasteiger partial charge in [-0.1, -0.05) is 0 Å². The zero-order valence-corrected chi connectivity index (χ0v) is 18.3. The Kier molecular flexibility index (Phi) is 20.0. The Morgan fingerprint density at radius 3 is 1.83 bits per heavy atom. The lowest BCUT2D eigenvalue weighted by molar-refractivity contribution is -0.113. The molecule has 0 unspecified atom stereocenters. The molecule has 0 aliphatic carbocycles. The first kappa shape index (κ1) is 28.3. The number of hydrogen-bond acceptors (Lipinski definition) is 11. The number of rotatable bonds is 22. The molecule has 11 nitrogen and oxygen atoms in total. The standard InChI is InChI=1S/C18H43N7O4/c1-18(2)25(16-28-21-6-10-23(8-4-19)12-14-26)17-29-22-7-11-24(13-15-27)9-5-20-3/h18,21-22,26-27H,3-17,19H2,1-2H3. The SMILES string of the molecule is C=NCCN(CCO)CCNOCN(CONCCN(CCN)CCO)C(C)C. The highest BCUT2D eigenvalue weighted by atomic mass is 16.7. The molecule has 0 aromatic rings. The van der Waals surface area contributed by atoms with Crippen LogP contribution in [0.2, 0.25) is 0 Å². The van der Waals surface area contributed by atoms with E-state index in [2.05, 4.69) is 46.3 Å². The number of aliphatic hydroxyl groups is 2. The van der Waals surface area contributed by atoms with E-state index < -0.39 is 0 Å². The summed E-state index contributed by atoms with van der Waals surface area (Å²) < 4.78 is 0. The van der Waals surface area contributed by atoms with Crippen LogP contribution in [0, 0.1) is 0 Å². The molecule has 0 aliphatic rings.